The normalized spacial score (nSPS) is 12.6. The standard InChI is InChI=1S/C13H15Cl2N3/c1-10(8-18-5-4-16-9-18)17-7-11-2-3-12(14)13(15)6-11/h2-6,9-10,17H,7-8H2,1H3. The van der Waals surface area contributed by atoms with E-state index in [0.29, 0.717) is 16.1 Å². The van der Waals surface area contributed by atoms with E-state index in [-0.39, 0.29) is 0 Å². The van der Waals surface area contributed by atoms with Crippen LogP contribution in [0.4, 0.5) is 0 Å². The molecule has 1 aromatic carbocycles. The van der Waals surface area contributed by atoms with Crippen molar-refractivity contribution in [2.75, 3.05) is 0 Å². The van der Waals surface area contributed by atoms with Gasteiger partial charge in [0.15, 0.2) is 0 Å². The van der Waals surface area contributed by atoms with Gasteiger partial charge in [-0.1, -0.05) is 29.3 Å². The molecule has 1 heterocycles. The minimum absolute atomic E-state index is 0.355. The molecule has 0 aliphatic heterocycles. The smallest absolute Gasteiger partial charge is 0.0946 e. The summed E-state index contributed by atoms with van der Waals surface area (Å²) < 4.78 is 2.05. The third-order valence-electron chi connectivity index (χ3n) is 2.68. The van der Waals surface area contributed by atoms with Gasteiger partial charge in [0, 0.05) is 31.5 Å². The molecule has 1 aromatic heterocycles. The van der Waals surface area contributed by atoms with E-state index >= 15 is 0 Å². The highest BCUT2D eigenvalue weighted by molar-refractivity contribution is 6.42. The van der Waals surface area contributed by atoms with Crippen LogP contribution in [0, 0.1) is 0 Å². The maximum Gasteiger partial charge on any atom is 0.0946 e. The molecule has 1 atom stereocenters. The lowest BCUT2D eigenvalue weighted by atomic mass is 10.2. The second-order valence-electron chi connectivity index (χ2n) is 4.29. The Kier molecular flexibility index (Phi) is 4.64. The molecule has 2 rings (SSSR count). The van der Waals surface area contributed by atoms with Crippen LogP contribution in [0.3, 0.4) is 0 Å². The lowest BCUT2D eigenvalue weighted by molar-refractivity contribution is 0.476. The number of nitrogens with zero attached hydrogens (tertiary/aromatic N) is 2. The molecule has 0 amide bonds. The molecule has 0 aliphatic rings. The van der Waals surface area contributed by atoms with E-state index in [2.05, 4.69) is 17.2 Å². The molecule has 18 heavy (non-hydrogen) atoms. The van der Waals surface area contributed by atoms with Crippen LogP contribution in [0.5, 0.6) is 0 Å². The summed E-state index contributed by atoms with van der Waals surface area (Å²) in [6, 6.07) is 6.04. The lowest BCUT2D eigenvalue weighted by Crippen LogP contribution is -2.29. The number of benzene rings is 1. The fourth-order valence-corrected chi connectivity index (χ4v) is 2.04. The van der Waals surface area contributed by atoms with Crippen molar-refractivity contribution >= 4 is 23.2 Å². The fraction of sp³-hybridized carbons (Fsp3) is 0.308. The topological polar surface area (TPSA) is 29.9 Å². The highest BCUT2D eigenvalue weighted by Crippen LogP contribution is 2.22. The SMILES string of the molecule is CC(Cn1ccnc1)NCc1ccc(Cl)c(Cl)c1. The minimum Gasteiger partial charge on any atom is -0.336 e. The van der Waals surface area contributed by atoms with Crippen molar-refractivity contribution in [2.45, 2.75) is 26.1 Å². The molecule has 0 saturated carbocycles. The second kappa shape index (κ2) is 6.23. The van der Waals surface area contributed by atoms with Crippen LogP contribution >= 0.6 is 23.2 Å². The molecule has 0 aliphatic carbocycles. The lowest BCUT2D eigenvalue weighted by Gasteiger charge is -2.14. The van der Waals surface area contributed by atoms with Crippen molar-refractivity contribution in [1.82, 2.24) is 14.9 Å². The maximum absolute atomic E-state index is 5.97. The molecule has 1 unspecified atom stereocenters. The summed E-state index contributed by atoms with van der Waals surface area (Å²) in [6.07, 6.45) is 5.56. The quantitative estimate of drug-likeness (QED) is 0.912. The predicted molar refractivity (Wildman–Crippen MR) is 75.0 cm³/mol. The number of imidazole rings is 1. The molecule has 0 radical (unpaired) electrons. The molecular weight excluding hydrogens is 269 g/mol. The van der Waals surface area contributed by atoms with Crippen molar-refractivity contribution in [3.05, 3.63) is 52.5 Å². The van der Waals surface area contributed by atoms with E-state index in [1.165, 1.54) is 0 Å². The van der Waals surface area contributed by atoms with Gasteiger partial charge in [0.2, 0.25) is 0 Å². The van der Waals surface area contributed by atoms with Crippen LogP contribution in [0.1, 0.15) is 12.5 Å². The number of rotatable bonds is 5. The van der Waals surface area contributed by atoms with Crippen LogP contribution in [-0.4, -0.2) is 15.6 Å². The molecule has 0 spiro atoms. The molecule has 96 valence electrons. The van der Waals surface area contributed by atoms with Gasteiger partial charge in [-0.25, -0.2) is 4.98 Å². The van der Waals surface area contributed by atoms with E-state index in [0.717, 1.165) is 18.7 Å². The zero-order valence-corrected chi connectivity index (χ0v) is 11.6. The zero-order valence-electron chi connectivity index (χ0n) is 10.1. The highest BCUT2D eigenvalue weighted by atomic mass is 35.5. The van der Waals surface area contributed by atoms with Crippen molar-refractivity contribution in [2.24, 2.45) is 0 Å². The van der Waals surface area contributed by atoms with Crippen molar-refractivity contribution in [3.63, 3.8) is 0 Å². The summed E-state index contributed by atoms with van der Waals surface area (Å²) in [7, 11) is 0. The molecule has 0 bridgehead atoms. The first-order valence-electron chi connectivity index (χ1n) is 5.78. The van der Waals surface area contributed by atoms with E-state index < -0.39 is 0 Å². The van der Waals surface area contributed by atoms with Gasteiger partial charge in [0.05, 0.1) is 16.4 Å². The Balaban J connectivity index is 1.85. The molecule has 5 heteroatoms. The van der Waals surface area contributed by atoms with Crippen LogP contribution in [0.2, 0.25) is 10.0 Å². The Bertz CT molecular complexity index is 497. The van der Waals surface area contributed by atoms with Crippen molar-refractivity contribution in [1.29, 1.82) is 0 Å². The Morgan fingerprint density at radius 1 is 1.33 bits per heavy atom. The summed E-state index contributed by atoms with van der Waals surface area (Å²) >= 11 is 11.8. The third kappa shape index (κ3) is 3.73. The molecule has 0 saturated heterocycles. The van der Waals surface area contributed by atoms with Crippen LogP contribution in [0.25, 0.3) is 0 Å². The van der Waals surface area contributed by atoms with Gasteiger partial charge < -0.3 is 9.88 Å². The summed E-state index contributed by atoms with van der Waals surface area (Å²) in [4.78, 5) is 4.02. The minimum atomic E-state index is 0.355. The number of halogens is 2. The first-order chi connectivity index (χ1) is 8.65. The summed E-state index contributed by atoms with van der Waals surface area (Å²) in [5, 5.41) is 4.62. The van der Waals surface area contributed by atoms with Crippen molar-refractivity contribution in [3.8, 4) is 0 Å². The maximum atomic E-state index is 5.97. The first kappa shape index (κ1) is 13.4. The molecular formula is C13H15Cl2N3. The third-order valence-corrected chi connectivity index (χ3v) is 3.42. The van der Waals surface area contributed by atoms with Crippen molar-refractivity contribution < 1.29 is 0 Å². The Morgan fingerprint density at radius 2 is 2.17 bits per heavy atom. The van der Waals surface area contributed by atoms with Gasteiger partial charge in [0.1, 0.15) is 0 Å². The van der Waals surface area contributed by atoms with E-state index in [1.807, 2.05) is 35.3 Å². The monoisotopic (exact) mass is 283 g/mol. The number of hydrogen-bond acceptors (Lipinski definition) is 2. The Morgan fingerprint density at radius 3 is 2.83 bits per heavy atom. The summed E-state index contributed by atoms with van der Waals surface area (Å²) in [5.41, 5.74) is 1.13. The largest absolute Gasteiger partial charge is 0.336 e. The van der Waals surface area contributed by atoms with Gasteiger partial charge in [0.25, 0.3) is 0 Å². The Labute approximate surface area is 117 Å². The second-order valence-corrected chi connectivity index (χ2v) is 5.10. The molecule has 0 fully saturated rings. The van der Waals surface area contributed by atoms with E-state index in [1.54, 1.807) is 6.20 Å². The molecule has 3 nitrogen and oxygen atoms in total. The van der Waals surface area contributed by atoms with Crippen LogP contribution in [-0.2, 0) is 13.1 Å². The summed E-state index contributed by atoms with van der Waals surface area (Å²) in [5.74, 6) is 0. The van der Waals surface area contributed by atoms with Crippen LogP contribution < -0.4 is 5.32 Å². The average molecular weight is 284 g/mol. The fourth-order valence-electron chi connectivity index (χ4n) is 1.72. The van der Waals surface area contributed by atoms with E-state index in [4.69, 9.17) is 23.2 Å². The van der Waals surface area contributed by atoms with Gasteiger partial charge >= 0.3 is 0 Å². The van der Waals surface area contributed by atoms with Gasteiger partial charge in [-0.15, -0.1) is 0 Å². The zero-order chi connectivity index (χ0) is 13.0. The predicted octanol–water partition coefficient (Wildman–Crippen LogP) is 3.37. The Hall–Kier alpha value is -1.03. The van der Waals surface area contributed by atoms with Crippen LogP contribution in [0.15, 0.2) is 36.9 Å². The first-order valence-corrected chi connectivity index (χ1v) is 6.54. The van der Waals surface area contributed by atoms with Gasteiger partial charge in [-0.2, -0.15) is 0 Å². The van der Waals surface area contributed by atoms with Gasteiger partial charge in [-0.05, 0) is 24.6 Å². The number of hydrogen-bond donors (Lipinski definition) is 1. The molecule has 1 N–H and O–H groups in total. The van der Waals surface area contributed by atoms with Gasteiger partial charge in [-0.3, -0.25) is 0 Å². The summed E-state index contributed by atoms with van der Waals surface area (Å²) in [6.45, 7) is 3.80. The number of nitrogens with one attached hydrogen (secondary N) is 1. The highest BCUT2D eigenvalue weighted by Gasteiger charge is 2.04. The average Bonchev–Trinajstić information content (AvgIpc) is 2.83. The van der Waals surface area contributed by atoms with E-state index in [9.17, 15) is 0 Å². The molecule has 2 aromatic rings. The number of aromatic nitrogens is 2.